The maximum Gasteiger partial charge on any atom is 0.304 e. The zero-order valence-electron chi connectivity index (χ0n) is 9.07. The number of thiazole rings is 1. The van der Waals surface area contributed by atoms with Crippen LogP contribution in [0.4, 0.5) is 4.39 Å². The van der Waals surface area contributed by atoms with Crippen LogP contribution >= 0.6 is 11.3 Å². The number of aromatic hydroxyl groups is 1. The molecule has 0 aliphatic rings. The van der Waals surface area contributed by atoms with Gasteiger partial charge in [-0.15, -0.1) is 0 Å². The van der Waals surface area contributed by atoms with Crippen LogP contribution in [-0.4, -0.2) is 16.0 Å². The second-order valence-electron chi connectivity index (χ2n) is 3.49. The number of carbonyl (C=O) groups excluding carboxylic acids is 1. The number of rotatable bonds is 3. The number of H-pyrrole nitrogens is 1. The lowest BCUT2D eigenvalue weighted by molar-refractivity contribution is 0.0943. The number of hydrogen-bond acceptors (Lipinski definition) is 4. The molecule has 0 aliphatic heterocycles. The Hall–Kier alpha value is -2.15. The van der Waals surface area contributed by atoms with E-state index in [1.807, 2.05) is 0 Å². The van der Waals surface area contributed by atoms with Gasteiger partial charge in [-0.05, 0) is 12.1 Å². The van der Waals surface area contributed by atoms with Crippen LogP contribution in [0.5, 0.6) is 5.75 Å². The van der Waals surface area contributed by atoms with E-state index in [0.29, 0.717) is 5.69 Å². The number of phenols is 1. The summed E-state index contributed by atoms with van der Waals surface area (Å²) in [5, 5.41) is 13.4. The molecule has 2 rings (SSSR count). The minimum Gasteiger partial charge on any atom is -0.507 e. The molecule has 0 saturated heterocycles. The molecule has 0 spiro atoms. The van der Waals surface area contributed by atoms with E-state index in [2.05, 4.69) is 10.3 Å². The Bertz CT molecular complexity index is 615. The molecule has 2 aromatic rings. The van der Waals surface area contributed by atoms with Crippen molar-refractivity contribution in [2.45, 2.75) is 6.54 Å². The van der Waals surface area contributed by atoms with Gasteiger partial charge in [0, 0.05) is 11.1 Å². The molecule has 18 heavy (non-hydrogen) atoms. The predicted octanol–water partition coefficient (Wildman–Crippen LogP) is 1.21. The second kappa shape index (κ2) is 5.01. The molecule has 1 heterocycles. The first-order valence-corrected chi connectivity index (χ1v) is 5.88. The lowest BCUT2D eigenvalue weighted by Crippen LogP contribution is -2.24. The minimum absolute atomic E-state index is 0.0609. The molecule has 0 unspecified atom stereocenters. The van der Waals surface area contributed by atoms with E-state index >= 15 is 0 Å². The van der Waals surface area contributed by atoms with E-state index in [1.54, 1.807) is 5.38 Å². The van der Waals surface area contributed by atoms with Crippen molar-refractivity contribution in [1.82, 2.24) is 10.3 Å². The highest BCUT2D eigenvalue weighted by Gasteiger charge is 2.16. The third kappa shape index (κ3) is 2.57. The van der Waals surface area contributed by atoms with Gasteiger partial charge >= 0.3 is 4.87 Å². The number of aromatic nitrogens is 1. The van der Waals surface area contributed by atoms with E-state index in [1.165, 1.54) is 12.1 Å². The molecule has 0 saturated carbocycles. The van der Waals surface area contributed by atoms with E-state index in [-0.39, 0.29) is 11.4 Å². The number of aromatic amines is 1. The van der Waals surface area contributed by atoms with Gasteiger partial charge in [-0.1, -0.05) is 17.4 Å². The van der Waals surface area contributed by atoms with E-state index in [4.69, 9.17) is 0 Å². The van der Waals surface area contributed by atoms with Crippen LogP contribution in [0.2, 0.25) is 0 Å². The van der Waals surface area contributed by atoms with Crippen molar-refractivity contribution in [1.29, 1.82) is 0 Å². The molecule has 1 aromatic carbocycles. The highest BCUT2D eigenvalue weighted by Crippen LogP contribution is 2.19. The maximum atomic E-state index is 13.4. The Morgan fingerprint density at radius 3 is 2.89 bits per heavy atom. The highest BCUT2D eigenvalue weighted by molar-refractivity contribution is 7.07. The molecule has 3 N–H and O–H groups in total. The van der Waals surface area contributed by atoms with Crippen LogP contribution in [0.15, 0.2) is 28.4 Å². The van der Waals surface area contributed by atoms with Crippen LogP contribution in [0.1, 0.15) is 16.1 Å². The van der Waals surface area contributed by atoms with Crippen molar-refractivity contribution in [2.24, 2.45) is 0 Å². The summed E-state index contributed by atoms with van der Waals surface area (Å²) in [4.78, 5) is 24.8. The van der Waals surface area contributed by atoms with Crippen molar-refractivity contribution in [3.05, 3.63) is 50.3 Å². The van der Waals surface area contributed by atoms with Crippen LogP contribution in [-0.2, 0) is 6.54 Å². The molecule has 0 radical (unpaired) electrons. The third-order valence-corrected chi connectivity index (χ3v) is 2.95. The molecule has 0 aliphatic carbocycles. The highest BCUT2D eigenvalue weighted by atomic mass is 32.1. The summed E-state index contributed by atoms with van der Waals surface area (Å²) in [7, 11) is 0. The summed E-state index contributed by atoms with van der Waals surface area (Å²) in [5.74, 6) is -1.96. The van der Waals surface area contributed by atoms with Gasteiger partial charge in [0.15, 0.2) is 0 Å². The maximum absolute atomic E-state index is 13.4. The number of nitrogens with one attached hydrogen (secondary N) is 2. The smallest absolute Gasteiger partial charge is 0.304 e. The van der Waals surface area contributed by atoms with Crippen molar-refractivity contribution in [3.8, 4) is 5.75 Å². The molecule has 0 bridgehead atoms. The predicted molar refractivity (Wildman–Crippen MR) is 64.2 cm³/mol. The Morgan fingerprint density at radius 2 is 2.28 bits per heavy atom. The first-order valence-electron chi connectivity index (χ1n) is 5.00. The lowest BCUT2D eigenvalue weighted by atomic mass is 10.1. The summed E-state index contributed by atoms with van der Waals surface area (Å²) in [5.41, 5.74) is 0.115. The summed E-state index contributed by atoms with van der Waals surface area (Å²) >= 11 is 0.972. The van der Waals surface area contributed by atoms with Crippen LogP contribution in [0.25, 0.3) is 0 Å². The Morgan fingerprint density at radius 1 is 1.50 bits per heavy atom. The monoisotopic (exact) mass is 268 g/mol. The fraction of sp³-hybridized carbons (Fsp3) is 0.0909. The van der Waals surface area contributed by atoms with E-state index in [0.717, 1.165) is 17.4 Å². The topological polar surface area (TPSA) is 82.2 Å². The Kier molecular flexibility index (Phi) is 3.42. The average molecular weight is 268 g/mol. The van der Waals surface area contributed by atoms with Gasteiger partial charge in [0.05, 0.1) is 6.54 Å². The van der Waals surface area contributed by atoms with Crippen LogP contribution in [0, 0.1) is 5.82 Å². The number of benzene rings is 1. The molecule has 94 valence electrons. The molecule has 5 nitrogen and oxygen atoms in total. The lowest BCUT2D eigenvalue weighted by Gasteiger charge is -2.06. The first-order chi connectivity index (χ1) is 8.58. The number of carbonyl (C=O) groups is 1. The summed E-state index contributed by atoms with van der Waals surface area (Å²) in [6.07, 6.45) is 0. The summed E-state index contributed by atoms with van der Waals surface area (Å²) in [6, 6.07) is 3.61. The second-order valence-corrected chi connectivity index (χ2v) is 4.33. The number of halogens is 1. The quantitative estimate of drug-likeness (QED) is 0.782. The van der Waals surface area contributed by atoms with Gasteiger partial charge in [0.1, 0.15) is 17.1 Å². The van der Waals surface area contributed by atoms with E-state index < -0.39 is 23.0 Å². The normalized spacial score (nSPS) is 10.3. The zero-order valence-corrected chi connectivity index (χ0v) is 9.88. The minimum atomic E-state index is -0.800. The van der Waals surface area contributed by atoms with Crippen LogP contribution < -0.4 is 10.2 Å². The van der Waals surface area contributed by atoms with Gasteiger partial charge in [-0.3, -0.25) is 9.59 Å². The number of phenolic OH excluding ortho intramolecular Hbond substituents is 1. The standard InChI is InChI=1S/C11H9FN2O3S/c12-7-2-1-3-8(15)9(7)10(16)13-4-6-5-18-11(17)14-6/h1-3,5,15H,4H2,(H,13,16)(H,14,17). The van der Waals surface area contributed by atoms with E-state index in [9.17, 15) is 19.1 Å². The van der Waals surface area contributed by atoms with Gasteiger partial charge in [0.2, 0.25) is 0 Å². The van der Waals surface area contributed by atoms with Crippen LogP contribution in [0.3, 0.4) is 0 Å². The molecular weight excluding hydrogens is 259 g/mol. The van der Waals surface area contributed by atoms with Crippen molar-refractivity contribution >= 4 is 17.2 Å². The fourth-order valence-electron chi connectivity index (χ4n) is 1.40. The summed E-state index contributed by atoms with van der Waals surface area (Å²) in [6.45, 7) is 0.0609. The Balaban J connectivity index is 2.11. The molecule has 1 aromatic heterocycles. The van der Waals surface area contributed by atoms with Crippen molar-refractivity contribution in [2.75, 3.05) is 0 Å². The van der Waals surface area contributed by atoms with Crippen molar-refractivity contribution < 1.29 is 14.3 Å². The average Bonchev–Trinajstić information content (AvgIpc) is 2.72. The molecular formula is C11H9FN2O3S. The van der Waals surface area contributed by atoms with Gasteiger partial charge < -0.3 is 15.4 Å². The van der Waals surface area contributed by atoms with Gasteiger partial charge in [-0.2, -0.15) is 0 Å². The SMILES string of the molecule is O=C(NCc1csc(=O)[nH]1)c1c(O)cccc1F. The third-order valence-electron chi connectivity index (χ3n) is 2.23. The number of hydrogen-bond donors (Lipinski definition) is 3. The zero-order chi connectivity index (χ0) is 13.1. The molecule has 0 atom stereocenters. The number of amides is 1. The van der Waals surface area contributed by atoms with Gasteiger partial charge in [-0.25, -0.2) is 4.39 Å². The van der Waals surface area contributed by atoms with Gasteiger partial charge in [0.25, 0.3) is 5.91 Å². The Labute approximate surface area is 105 Å². The largest absolute Gasteiger partial charge is 0.507 e. The molecule has 1 amide bonds. The fourth-order valence-corrected chi connectivity index (χ4v) is 1.98. The van der Waals surface area contributed by atoms with Crippen molar-refractivity contribution in [3.63, 3.8) is 0 Å². The first kappa shape index (κ1) is 12.3. The summed E-state index contributed by atoms with van der Waals surface area (Å²) < 4.78 is 13.4. The molecule has 0 fully saturated rings. The molecule has 7 heteroatoms.